The van der Waals surface area contributed by atoms with Crippen molar-refractivity contribution in [3.63, 3.8) is 0 Å². The molecule has 0 aliphatic rings. The van der Waals surface area contributed by atoms with E-state index in [2.05, 4.69) is 26.5 Å². The lowest BCUT2D eigenvalue weighted by atomic mass is 10.2. The molecule has 2 N–H and O–H groups in total. The average Bonchev–Trinajstić information content (AvgIpc) is 2.56. The third kappa shape index (κ3) is 4.91. The van der Waals surface area contributed by atoms with Crippen LogP contribution in [0.4, 0.5) is 5.69 Å². The maximum absolute atomic E-state index is 12.0. The summed E-state index contributed by atoms with van der Waals surface area (Å²) in [5.74, 6) is -0.270. The molecule has 0 atom stereocenters. The largest absolute Gasteiger partial charge is 0.395 e. The molecule has 2 aromatic rings. The van der Waals surface area contributed by atoms with Crippen molar-refractivity contribution in [2.24, 2.45) is 5.10 Å². The highest BCUT2D eigenvalue weighted by Gasteiger charge is 2.07. The SMILES string of the molecule is CN(CCO)c1ccc(C=NNC(=O)c2ccccc2Br)cc1. The number of aliphatic hydroxyl groups is 1. The number of benzene rings is 2. The van der Waals surface area contributed by atoms with Gasteiger partial charge in [-0.25, -0.2) is 5.43 Å². The van der Waals surface area contributed by atoms with Crippen LogP contribution in [0.1, 0.15) is 15.9 Å². The number of hydrazone groups is 1. The van der Waals surface area contributed by atoms with Crippen LogP contribution in [0.3, 0.4) is 0 Å². The first-order chi connectivity index (χ1) is 11.1. The number of carbonyl (C=O) groups excluding carboxylic acids is 1. The van der Waals surface area contributed by atoms with Crippen LogP contribution < -0.4 is 10.3 Å². The smallest absolute Gasteiger partial charge is 0.272 e. The van der Waals surface area contributed by atoms with Crippen LogP contribution in [-0.4, -0.2) is 37.4 Å². The predicted molar refractivity (Wildman–Crippen MR) is 96.0 cm³/mol. The number of anilines is 1. The highest BCUT2D eigenvalue weighted by atomic mass is 79.9. The van der Waals surface area contributed by atoms with Gasteiger partial charge in [-0.1, -0.05) is 24.3 Å². The standard InChI is InChI=1S/C17H18BrN3O2/c1-21(10-11-22)14-8-6-13(7-9-14)12-19-20-17(23)15-4-2-3-5-16(15)18/h2-9,12,22H,10-11H2,1H3,(H,20,23). The summed E-state index contributed by atoms with van der Waals surface area (Å²) in [5, 5.41) is 12.9. The quantitative estimate of drug-likeness (QED) is 0.602. The Labute approximate surface area is 143 Å². The first kappa shape index (κ1) is 17.2. The second-order valence-electron chi connectivity index (χ2n) is 4.92. The van der Waals surface area contributed by atoms with E-state index in [4.69, 9.17) is 5.11 Å². The number of nitrogens with one attached hydrogen (secondary N) is 1. The van der Waals surface area contributed by atoms with Crippen LogP contribution in [-0.2, 0) is 0 Å². The molecular weight excluding hydrogens is 358 g/mol. The fraction of sp³-hybridized carbons (Fsp3) is 0.176. The molecule has 6 heteroatoms. The van der Waals surface area contributed by atoms with Gasteiger partial charge in [0.15, 0.2) is 0 Å². The number of halogens is 1. The molecule has 0 saturated heterocycles. The summed E-state index contributed by atoms with van der Waals surface area (Å²) >= 11 is 3.33. The van der Waals surface area contributed by atoms with Crippen LogP contribution in [0.5, 0.6) is 0 Å². The molecule has 0 fully saturated rings. The van der Waals surface area contributed by atoms with E-state index >= 15 is 0 Å². The zero-order valence-electron chi connectivity index (χ0n) is 12.7. The number of rotatable bonds is 6. The summed E-state index contributed by atoms with van der Waals surface area (Å²) in [4.78, 5) is 13.9. The number of aliphatic hydroxyl groups excluding tert-OH is 1. The van der Waals surface area contributed by atoms with Crippen LogP contribution in [0.25, 0.3) is 0 Å². The molecule has 5 nitrogen and oxygen atoms in total. The van der Waals surface area contributed by atoms with Crippen LogP contribution >= 0.6 is 15.9 Å². The van der Waals surface area contributed by atoms with Crippen molar-refractivity contribution in [1.82, 2.24) is 5.43 Å². The van der Waals surface area contributed by atoms with Crippen LogP contribution in [0.2, 0.25) is 0 Å². The van der Waals surface area contributed by atoms with Crippen LogP contribution in [0, 0.1) is 0 Å². The minimum Gasteiger partial charge on any atom is -0.395 e. The maximum atomic E-state index is 12.0. The van der Waals surface area contributed by atoms with E-state index in [1.807, 2.05) is 42.3 Å². The molecule has 0 heterocycles. The molecule has 0 aliphatic heterocycles. The van der Waals surface area contributed by atoms with Gasteiger partial charge < -0.3 is 10.0 Å². The second-order valence-corrected chi connectivity index (χ2v) is 5.77. The molecule has 0 aromatic heterocycles. The van der Waals surface area contributed by atoms with Gasteiger partial charge in [-0.2, -0.15) is 5.10 Å². The van der Waals surface area contributed by atoms with Gasteiger partial charge in [0.2, 0.25) is 0 Å². The summed E-state index contributed by atoms with van der Waals surface area (Å²) in [6, 6.07) is 14.8. The minimum atomic E-state index is -0.270. The lowest BCUT2D eigenvalue weighted by Crippen LogP contribution is -2.20. The Morgan fingerprint density at radius 2 is 1.96 bits per heavy atom. The van der Waals surface area contributed by atoms with E-state index in [9.17, 15) is 4.79 Å². The zero-order valence-corrected chi connectivity index (χ0v) is 14.3. The topological polar surface area (TPSA) is 64.9 Å². The van der Waals surface area contributed by atoms with Gasteiger partial charge in [0.25, 0.3) is 5.91 Å². The molecule has 2 aromatic carbocycles. The fourth-order valence-corrected chi connectivity index (χ4v) is 2.43. The Morgan fingerprint density at radius 1 is 1.26 bits per heavy atom. The van der Waals surface area contributed by atoms with Gasteiger partial charge in [-0.15, -0.1) is 0 Å². The van der Waals surface area contributed by atoms with E-state index in [0.29, 0.717) is 12.1 Å². The van der Waals surface area contributed by atoms with Crippen molar-refractivity contribution in [3.8, 4) is 0 Å². The highest BCUT2D eigenvalue weighted by Crippen LogP contribution is 2.15. The monoisotopic (exact) mass is 375 g/mol. The average molecular weight is 376 g/mol. The van der Waals surface area contributed by atoms with Crippen molar-refractivity contribution < 1.29 is 9.90 Å². The second kappa shape index (κ2) is 8.45. The molecule has 1 amide bonds. The van der Waals surface area contributed by atoms with E-state index in [1.165, 1.54) is 0 Å². The van der Waals surface area contributed by atoms with Crippen LogP contribution in [0.15, 0.2) is 58.1 Å². The third-order valence-electron chi connectivity index (χ3n) is 3.27. The molecule has 0 aliphatic carbocycles. The summed E-state index contributed by atoms with van der Waals surface area (Å²) in [5.41, 5.74) is 4.92. The van der Waals surface area contributed by atoms with Gasteiger partial charge in [-0.3, -0.25) is 4.79 Å². The number of hydrogen-bond donors (Lipinski definition) is 2. The molecule has 120 valence electrons. The fourth-order valence-electron chi connectivity index (χ4n) is 1.96. The van der Waals surface area contributed by atoms with Crippen molar-refractivity contribution in [3.05, 3.63) is 64.1 Å². The first-order valence-corrected chi connectivity index (χ1v) is 7.91. The molecular formula is C17H18BrN3O2. The van der Waals surface area contributed by atoms with E-state index in [0.717, 1.165) is 15.7 Å². The normalized spacial score (nSPS) is 10.7. The lowest BCUT2D eigenvalue weighted by Gasteiger charge is -2.17. The Bertz CT molecular complexity index is 686. The zero-order chi connectivity index (χ0) is 16.7. The number of hydrogen-bond acceptors (Lipinski definition) is 4. The summed E-state index contributed by atoms with van der Waals surface area (Å²) in [7, 11) is 1.91. The van der Waals surface area contributed by atoms with Crippen molar-refractivity contribution in [2.45, 2.75) is 0 Å². The molecule has 0 spiro atoms. The highest BCUT2D eigenvalue weighted by molar-refractivity contribution is 9.10. The van der Waals surface area contributed by atoms with E-state index in [-0.39, 0.29) is 12.5 Å². The molecule has 0 bridgehead atoms. The summed E-state index contributed by atoms with van der Waals surface area (Å²) in [6.45, 7) is 0.691. The Hall–Kier alpha value is -2.18. The molecule has 23 heavy (non-hydrogen) atoms. The number of nitrogens with zero attached hydrogens (tertiary/aromatic N) is 2. The van der Waals surface area contributed by atoms with Gasteiger partial charge >= 0.3 is 0 Å². The van der Waals surface area contributed by atoms with Crippen molar-refractivity contribution in [1.29, 1.82) is 0 Å². The third-order valence-corrected chi connectivity index (χ3v) is 3.96. The molecule has 2 rings (SSSR count). The Kier molecular flexibility index (Phi) is 6.31. The van der Waals surface area contributed by atoms with Crippen molar-refractivity contribution >= 4 is 33.7 Å². The minimum absolute atomic E-state index is 0.112. The predicted octanol–water partition coefficient (Wildman–Crippen LogP) is 2.64. The van der Waals surface area contributed by atoms with E-state index < -0.39 is 0 Å². The first-order valence-electron chi connectivity index (χ1n) is 7.12. The summed E-state index contributed by atoms with van der Waals surface area (Å²) in [6.07, 6.45) is 1.59. The molecule has 0 radical (unpaired) electrons. The van der Waals surface area contributed by atoms with E-state index in [1.54, 1.807) is 24.4 Å². The van der Waals surface area contributed by atoms with Gasteiger partial charge in [0.1, 0.15) is 0 Å². The number of likely N-dealkylation sites (N-methyl/N-ethyl adjacent to an activating group) is 1. The molecule has 0 saturated carbocycles. The lowest BCUT2D eigenvalue weighted by molar-refractivity contribution is 0.0954. The maximum Gasteiger partial charge on any atom is 0.272 e. The number of amides is 1. The van der Waals surface area contributed by atoms with Gasteiger partial charge in [-0.05, 0) is 45.8 Å². The summed E-state index contributed by atoms with van der Waals surface area (Å²) < 4.78 is 0.726. The van der Waals surface area contributed by atoms with Gasteiger partial charge in [0.05, 0.1) is 18.4 Å². The Balaban J connectivity index is 1.95. The molecule has 0 unspecified atom stereocenters. The van der Waals surface area contributed by atoms with Crippen molar-refractivity contribution in [2.75, 3.05) is 25.1 Å². The number of carbonyl (C=O) groups is 1. The Morgan fingerprint density at radius 3 is 2.61 bits per heavy atom. The van der Waals surface area contributed by atoms with Gasteiger partial charge in [0, 0.05) is 23.8 Å².